The molecule has 3 saturated heterocycles. The van der Waals surface area contributed by atoms with Gasteiger partial charge in [-0.15, -0.1) is 11.3 Å². The van der Waals surface area contributed by atoms with E-state index in [-0.39, 0.29) is 23.6 Å². The molecule has 9 heteroatoms. The van der Waals surface area contributed by atoms with Crippen molar-refractivity contribution in [3.8, 4) is 0 Å². The van der Waals surface area contributed by atoms with Crippen LogP contribution < -0.4 is 4.90 Å². The molecule has 6 heterocycles. The molecule has 3 aliphatic rings. The summed E-state index contributed by atoms with van der Waals surface area (Å²) in [5.74, 6) is 0.978. The first kappa shape index (κ1) is 17.3. The molecule has 150 valence electrons. The molecule has 3 fully saturated rings. The van der Waals surface area contributed by atoms with Crippen molar-refractivity contribution >= 4 is 33.3 Å². The maximum absolute atomic E-state index is 12.9. The first-order valence-corrected chi connectivity index (χ1v) is 10.9. The maximum atomic E-state index is 12.9. The Labute approximate surface area is 171 Å². The fourth-order valence-electron chi connectivity index (χ4n) is 5.36. The Kier molecular flexibility index (Phi) is 3.89. The minimum Gasteiger partial charge on any atom is -0.371 e. The monoisotopic (exact) mass is 411 g/mol. The van der Waals surface area contributed by atoms with Gasteiger partial charge in [0.15, 0.2) is 5.69 Å². The molecule has 0 aliphatic carbocycles. The summed E-state index contributed by atoms with van der Waals surface area (Å²) >= 11 is 1.68. The zero-order valence-electron chi connectivity index (χ0n) is 15.9. The van der Waals surface area contributed by atoms with Gasteiger partial charge in [0.2, 0.25) is 0 Å². The maximum Gasteiger partial charge on any atom is 0.276 e. The van der Waals surface area contributed by atoms with E-state index < -0.39 is 0 Å². The summed E-state index contributed by atoms with van der Waals surface area (Å²) < 4.78 is 12.4. The van der Waals surface area contributed by atoms with E-state index in [2.05, 4.69) is 25.4 Å². The minimum atomic E-state index is -0.237. The van der Waals surface area contributed by atoms with Crippen LogP contribution in [0.3, 0.4) is 0 Å². The molecule has 3 atom stereocenters. The molecule has 2 bridgehead atoms. The highest BCUT2D eigenvalue weighted by Gasteiger charge is 2.52. The third-order valence-electron chi connectivity index (χ3n) is 6.50. The number of hydrogen-bond donors (Lipinski definition) is 0. The fourth-order valence-corrected chi connectivity index (χ4v) is 6.23. The number of morpholine rings is 1. The molecule has 1 unspecified atom stereocenters. The van der Waals surface area contributed by atoms with Gasteiger partial charge < -0.3 is 19.1 Å². The normalized spacial score (nSPS) is 29.1. The van der Waals surface area contributed by atoms with Crippen LogP contribution in [0.2, 0.25) is 0 Å². The largest absolute Gasteiger partial charge is 0.371 e. The van der Waals surface area contributed by atoms with E-state index in [1.54, 1.807) is 23.7 Å². The van der Waals surface area contributed by atoms with Gasteiger partial charge >= 0.3 is 0 Å². The quantitative estimate of drug-likeness (QED) is 0.641. The van der Waals surface area contributed by atoms with E-state index in [1.165, 1.54) is 6.26 Å². The Morgan fingerprint density at radius 2 is 2.07 bits per heavy atom. The van der Waals surface area contributed by atoms with Crippen LogP contribution in [0.5, 0.6) is 0 Å². The van der Waals surface area contributed by atoms with Crippen LogP contribution in [0.15, 0.2) is 34.6 Å². The molecule has 0 radical (unpaired) electrons. The highest BCUT2D eigenvalue weighted by molar-refractivity contribution is 7.17. The Bertz CT molecular complexity index is 1040. The lowest BCUT2D eigenvalue weighted by Gasteiger charge is -2.50. The Morgan fingerprint density at radius 1 is 1.21 bits per heavy atom. The molecule has 29 heavy (non-hydrogen) atoms. The summed E-state index contributed by atoms with van der Waals surface area (Å²) in [7, 11) is 0. The second-order valence-electron chi connectivity index (χ2n) is 8.18. The minimum absolute atomic E-state index is 0.0233. The van der Waals surface area contributed by atoms with Crippen LogP contribution in [0.1, 0.15) is 36.2 Å². The van der Waals surface area contributed by atoms with Crippen molar-refractivity contribution in [3.05, 3.63) is 35.8 Å². The number of rotatable bonds is 2. The van der Waals surface area contributed by atoms with Crippen molar-refractivity contribution < 1.29 is 14.1 Å². The van der Waals surface area contributed by atoms with Crippen LogP contribution in [-0.2, 0) is 4.74 Å². The number of ether oxygens (including phenoxy) is 1. The first-order chi connectivity index (χ1) is 14.2. The van der Waals surface area contributed by atoms with Gasteiger partial charge in [0.25, 0.3) is 5.91 Å². The number of anilines is 1. The Hall–Kier alpha value is -2.52. The molecule has 8 nitrogen and oxygen atoms in total. The molecule has 1 amide bonds. The lowest BCUT2D eigenvalue weighted by molar-refractivity contribution is -0.103. The van der Waals surface area contributed by atoms with E-state index >= 15 is 0 Å². The van der Waals surface area contributed by atoms with E-state index in [4.69, 9.17) is 9.26 Å². The molecule has 1 spiro atoms. The molecule has 3 aromatic heterocycles. The van der Waals surface area contributed by atoms with Gasteiger partial charge in [-0.3, -0.25) is 4.79 Å². The van der Waals surface area contributed by atoms with Crippen LogP contribution in [0.25, 0.3) is 10.2 Å². The SMILES string of the molecule is O=C(c1ccon1)N1[C@@H]2CC[C@H]1CC1(C2)CN(c2ncnc3ccsc23)CCO1. The average Bonchev–Trinajstić information content (AvgIpc) is 3.47. The van der Waals surface area contributed by atoms with Crippen molar-refractivity contribution in [2.24, 2.45) is 0 Å². The van der Waals surface area contributed by atoms with Crippen molar-refractivity contribution in [1.29, 1.82) is 0 Å². The van der Waals surface area contributed by atoms with Gasteiger partial charge in [0, 0.05) is 31.2 Å². The molecule has 3 aliphatic heterocycles. The van der Waals surface area contributed by atoms with Crippen molar-refractivity contribution in [1.82, 2.24) is 20.0 Å². The third kappa shape index (κ3) is 2.75. The van der Waals surface area contributed by atoms with Crippen LogP contribution in [0, 0.1) is 0 Å². The predicted molar refractivity (Wildman–Crippen MR) is 107 cm³/mol. The number of carbonyl (C=O) groups is 1. The van der Waals surface area contributed by atoms with Gasteiger partial charge in [-0.2, -0.15) is 0 Å². The standard InChI is InChI=1S/C20H21N5O3S/c26-19(16-3-6-28-23-16)25-13-1-2-14(25)10-20(9-13)11-24(5-7-27-20)18-17-15(4-8-29-17)21-12-22-18/h3-4,6,8,12-14H,1-2,5,7,9-11H2/t13-,14+,20?. The number of amides is 1. The smallest absolute Gasteiger partial charge is 0.276 e. The average molecular weight is 411 g/mol. The van der Waals surface area contributed by atoms with Gasteiger partial charge in [0.1, 0.15) is 18.4 Å². The molecule has 6 rings (SSSR count). The molecular weight excluding hydrogens is 390 g/mol. The second-order valence-corrected chi connectivity index (χ2v) is 9.09. The van der Waals surface area contributed by atoms with Crippen molar-refractivity contribution in [3.63, 3.8) is 0 Å². The highest BCUT2D eigenvalue weighted by atomic mass is 32.1. The number of hydrogen-bond acceptors (Lipinski definition) is 8. The number of carbonyl (C=O) groups excluding carboxylic acids is 1. The summed E-state index contributed by atoms with van der Waals surface area (Å²) in [5.41, 5.74) is 1.15. The molecule has 0 aromatic carbocycles. The number of piperidine rings is 1. The van der Waals surface area contributed by atoms with Crippen molar-refractivity contribution in [2.75, 3.05) is 24.6 Å². The lowest BCUT2D eigenvalue weighted by atomic mass is 9.84. The summed E-state index contributed by atoms with van der Waals surface area (Å²) in [6, 6.07) is 4.05. The van der Waals surface area contributed by atoms with Gasteiger partial charge in [-0.1, -0.05) is 5.16 Å². The number of thiophene rings is 1. The Morgan fingerprint density at radius 3 is 2.86 bits per heavy atom. The third-order valence-corrected chi connectivity index (χ3v) is 7.40. The van der Waals surface area contributed by atoms with Gasteiger partial charge in [0.05, 0.1) is 22.4 Å². The second kappa shape index (κ2) is 6.50. The predicted octanol–water partition coefficient (Wildman–Crippen LogP) is 2.72. The van der Waals surface area contributed by atoms with E-state index in [0.717, 1.165) is 54.8 Å². The molecule has 0 saturated carbocycles. The fraction of sp³-hybridized carbons (Fsp3) is 0.500. The van der Waals surface area contributed by atoms with Gasteiger partial charge in [-0.25, -0.2) is 9.97 Å². The highest BCUT2D eigenvalue weighted by Crippen LogP contribution is 2.45. The Balaban J connectivity index is 1.26. The number of aromatic nitrogens is 3. The zero-order valence-corrected chi connectivity index (χ0v) is 16.7. The topological polar surface area (TPSA) is 84.6 Å². The van der Waals surface area contributed by atoms with E-state index in [1.807, 2.05) is 11.0 Å². The van der Waals surface area contributed by atoms with E-state index in [9.17, 15) is 4.79 Å². The molecular formula is C20H21N5O3S. The summed E-state index contributed by atoms with van der Waals surface area (Å²) in [4.78, 5) is 26.3. The van der Waals surface area contributed by atoms with Crippen LogP contribution in [-0.4, -0.2) is 63.3 Å². The number of fused-ring (bicyclic) bond motifs is 3. The summed E-state index contributed by atoms with van der Waals surface area (Å²) in [6.07, 6.45) is 6.83. The summed E-state index contributed by atoms with van der Waals surface area (Å²) in [5, 5.41) is 5.91. The lowest BCUT2D eigenvalue weighted by Crippen LogP contribution is -2.61. The van der Waals surface area contributed by atoms with Gasteiger partial charge in [-0.05, 0) is 37.1 Å². The van der Waals surface area contributed by atoms with Crippen LogP contribution >= 0.6 is 11.3 Å². The summed E-state index contributed by atoms with van der Waals surface area (Å²) in [6.45, 7) is 2.30. The first-order valence-electron chi connectivity index (χ1n) is 10.0. The zero-order chi connectivity index (χ0) is 19.4. The van der Waals surface area contributed by atoms with Crippen LogP contribution in [0.4, 0.5) is 5.82 Å². The van der Waals surface area contributed by atoms with E-state index in [0.29, 0.717) is 12.3 Å². The number of nitrogens with zero attached hydrogens (tertiary/aromatic N) is 5. The molecule has 0 N–H and O–H groups in total. The van der Waals surface area contributed by atoms with Crippen molar-refractivity contribution in [2.45, 2.75) is 43.4 Å². The molecule has 3 aromatic rings.